The molecule has 0 saturated heterocycles. The van der Waals surface area contributed by atoms with Gasteiger partial charge in [0.2, 0.25) is 0 Å². The Hall–Kier alpha value is -1.05. The van der Waals surface area contributed by atoms with E-state index >= 15 is 0 Å². The smallest absolute Gasteiger partial charge is 0.120 e. The van der Waals surface area contributed by atoms with Gasteiger partial charge in [0.05, 0.1) is 0 Å². The minimum absolute atomic E-state index is 0.584. The number of nitrogens with two attached hydrogens (primary N) is 1. The highest BCUT2D eigenvalue weighted by molar-refractivity contribution is 5.50. The van der Waals surface area contributed by atoms with Gasteiger partial charge in [0.15, 0.2) is 0 Å². The first-order valence-electron chi connectivity index (χ1n) is 3.92. The van der Waals surface area contributed by atoms with E-state index in [9.17, 15) is 4.79 Å². The highest BCUT2D eigenvalue weighted by Crippen LogP contribution is 2.17. The minimum Gasteiger partial charge on any atom is -0.402 e. The Bertz CT molecular complexity index is 204. The molecule has 0 aliphatic heterocycles. The number of aldehydes is 1. The third kappa shape index (κ3) is 2.22. The summed E-state index contributed by atoms with van der Waals surface area (Å²) in [7, 11) is 0. The molecular formula is C9H13NO. The maximum Gasteiger partial charge on any atom is 0.120 e. The molecule has 0 aromatic rings. The van der Waals surface area contributed by atoms with E-state index in [2.05, 4.69) is 6.08 Å². The molecule has 0 amide bonds. The molecule has 0 saturated carbocycles. The SMILES string of the molecule is NC1=C(CCC=O)C=CCC1. The largest absolute Gasteiger partial charge is 0.402 e. The summed E-state index contributed by atoms with van der Waals surface area (Å²) < 4.78 is 0. The van der Waals surface area contributed by atoms with Crippen LogP contribution in [0.4, 0.5) is 0 Å². The monoisotopic (exact) mass is 151 g/mol. The molecular weight excluding hydrogens is 138 g/mol. The number of carbonyl (C=O) groups is 1. The van der Waals surface area contributed by atoms with Crippen molar-refractivity contribution in [2.75, 3.05) is 0 Å². The van der Waals surface area contributed by atoms with Gasteiger partial charge in [-0.2, -0.15) is 0 Å². The molecule has 0 fully saturated rings. The normalized spacial score (nSPS) is 17.1. The van der Waals surface area contributed by atoms with Crippen LogP contribution in [0.2, 0.25) is 0 Å². The van der Waals surface area contributed by atoms with Gasteiger partial charge in [-0.05, 0) is 24.8 Å². The van der Waals surface area contributed by atoms with E-state index in [1.54, 1.807) is 0 Å². The van der Waals surface area contributed by atoms with E-state index < -0.39 is 0 Å². The van der Waals surface area contributed by atoms with Crippen molar-refractivity contribution in [1.29, 1.82) is 0 Å². The summed E-state index contributed by atoms with van der Waals surface area (Å²) in [4.78, 5) is 10.1. The van der Waals surface area contributed by atoms with E-state index in [1.165, 1.54) is 0 Å². The van der Waals surface area contributed by atoms with Gasteiger partial charge in [0.25, 0.3) is 0 Å². The lowest BCUT2D eigenvalue weighted by Crippen LogP contribution is -2.04. The predicted octanol–water partition coefficient (Wildman–Crippen LogP) is 1.53. The van der Waals surface area contributed by atoms with Crippen LogP contribution in [-0.2, 0) is 4.79 Å². The molecule has 1 rings (SSSR count). The number of rotatable bonds is 3. The summed E-state index contributed by atoms with van der Waals surface area (Å²) in [6, 6.07) is 0. The highest BCUT2D eigenvalue weighted by atomic mass is 16.1. The number of allylic oxidation sites excluding steroid dienone is 4. The zero-order valence-corrected chi connectivity index (χ0v) is 6.55. The fraction of sp³-hybridized carbons (Fsp3) is 0.444. The maximum atomic E-state index is 10.1. The van der Waals surface area contributed by atoms with Gasteiger partial charge >= 0.3 is 0 Å². The van der Waals surface area contributed by atoms with Gasteiger partial charge in [-0.1, -0.05) is 12.2 Å². The average Bonchev–Trinajstić information content (AvgIpc) is 2.03. The molecule has 0 unspecified atom stereocenters. The minimum atomic E-state index is 0.584. The zero-order chi connectivity index (χ0) is 8.10. The van der Waals surface area contributed by atoms with Crippen molar-refractivity contribution >= 4 is 6.29 Å². The predicted molar refractivity (Wildman–Crippen MR) is 44.9 cm³/mol. The van der Waals surface area contributed by atoms with Crippen LogP contribution < -0.4 is 5.73 Å². The van der Waals surface area contributed by atoms with Crippen LogP contribution in [0.3, 0.4) is 0 Å². The second-order valence-electron chi connectivity index (χ2n) is 2.70. The van der Waals surface area contributed by atoms with Crippen LogP contribution >= 0.6 is 0 Å². The molecule has 0 radical (unpaired) electrons. The van der Waals surface area contributed by atoms with Crippen LogP contribution in [-0.4, -0.2) is 6.29 Å². The van der Waals surface area contributed by atoms with Gasteiger partial charge in [-0.25, -0.2) is 0 Å². The molecule has 11 heavy (non-hydrogen) atoms. The molecule has 0 spiro atoms. The lowest BCUT2D eigenvalue weighted by Gasteiger charge is -2.10. The summed E-state index contributed by atoms with van der Waals surface area (Å²) in [6.07, 6.45) is 8.44. The molecule has 60 valence electrons. The fourth-order valence-corrected chi connectivity index (χ4v) is 1.19. The molecule has 0 bridgehead atoms. The van der Waals surface area contributed by atoms with E-state index in [0.29, 0.717) is 6.42 Å². The number of hydrogen-bond donors (Lipinski definition) is 1. The van der Waals surface area contributed by atoms with E-state index in [-0.39, 0.29) is 0 Å². The second kappa shape index (κ2) is 3.96. The summed E-state index contributed by atoms with van der Waals surface area (Å²) in [6.45, 7) is 0. The molecule has 1 aliphatic rings. The van der Waals surface area contributed by atoms with Crippen molar-refractivity contribution in [1.82, 2.24) is 0 Å². The van der Waals surface area contributed by atoms with Crippen molar-refractivity contribution in [3.8, 4) is 0 Å². The summed E-state index contributed by atoms with van der Waals surface area (Å²) in [5.41, 5.74) is 7.83. The lowest BCUT2D eigenvalue weighted by molar-refractivity contribution is -0.107. The second-order valence-corrected chi connectivity index (χ2v) is 2.70. The Morgan fingerprint density at radius 1 is 1.64 bits per heavy atom. The average molecular weight is 151 g/mol. The zero-order valence-electron chi connectivity index (χ0n) is 6.55. The van der Waals surface area contributed by atoms with E-state index in [4.69, 9.17) is 5.73 Å². The Morgan fingerprint density at radius 2 is 2.45 bits per heavy atom. The quantitative estimate of drug-likeness (QED) is 0.621. The van der Waals surface area contributed by atoms with Crippen LogP contribution in [0, 0.1) is 0 Å². The maximum absolute atomic E-state index is 10.1. The van der Waals surface area contributed by atoms with Gasteiger partial charge in [-0.3, -0.25) is 0 Å². The van der Waals surface area contributed by atoms with Crippen LogP contribution in [0.25, 0.3) is 0 Å². The van der Waals surface area contributed by atoms with E-state index in [0.717, 1.165) is 36.8 Å². The van der Waals surface area contributed by atoms with Crippen LogP contribution in [0.5, 0.6) is 0 Å². The van der Waals surface area contributed by atoms with Crippen LogP contribution in [0.15, 0.2) is 23.4 Å². The van der Waals surface area contributed by atoms with Gasteiger partial charge < -0.3 is 10.5 Å². The first-order chi connectivity index (χ1) is 5.34. The molecule has 2 N–H and O–H groups in total. The van der Waals surface area contributed by atoms with Crippen molar-refractivity contribution in [2.45, 2.75) is 25.7 Å². The van der Waals surface area contributed by atoms with E-state index in [1.807, 2.05) is 6.08 Å². The molecule has 2 heteroatoms. The fourth-order valence-electron chi connectivity index (χ4n) is 1.19. The van der Waals surface area contributed by atoms with Crippen molar-refractivity contribution in [3.05, 3.63) is 23.4 Å². The first kappa shape index (κ1) is 8.05. The summed E-state index contributed by atoms with van der Waals surface area (Å²) in [5.74, 6) is 0. The van der Waals surface area contributed by atoms with Crippen molar-refractivity contribution in [2.24, 2.45) is 5.73 Å². The standard InChI is InChI=1S/C9H13NO/c10-9-6-2-1-4-8(9)5-3-7-11/h1,4,7H,2-3,5-6,10H2. The Kier molecular flexibility index (Phi) is 2.90. The number of carbonyl (C=O) groups excluding carboxylic acids is 1. The Labute approximate surface area is 66.8 Å². The Balaban J connectivity index is 2.53. The van der Waals surface area contributed by atoms with Crippen molar-refractivity contribution < 1.29 is 4.79 Å². The lowest BCUT2D eigenvalue weighted by atomic mass is 10.0. The van der Waals surface area contributed by atoms with Crippen molar-refractivity contribution in [3.63, 3.8) is 0 Å². The first-order valence-corrected chi connectivity index (χ1v) is 3.92. The van der Waals surface area contributed by atoms with Gasteiger partial charge in [-0.15, -0.1) is 0 Å². The Morgan fingerprint density at radius 3 is 3.09 bits per heavy atom. The van der Waals surface area contributed by atoms with Crippen LogP contribution in [0.1, 0.15) is 25.7 Å². The number of hydrogen-bond acceptors (Lipinski definition) is 2. The molecule has 1 aliphatic carbocycles. The highest BCUT2D eigenvalue weighted by Gasteiger charge is 2.03. The molecule has 0 heterocycles. The third-order valence-electron chi connectivity index (χ3n) is 1.84. The molecule has 0 atom stereocenters. The third-order valence-corrected chi connectivity index (χ3v) is 1.84. The van der Waals surface area contributed by atoms with Gasteiger partial charge in [0, 0.05) is 12.1 Å². The topological polar surface area (TPSA) is 43.1 Å². The molecule has 0 aromatic heterocycles. The molecule has 2 nitrogen and oxygen atoms in total. The summed E-state index contributed by atoms with van der Waals surface area (Å²) in [5, 5.41) is 0. The summed E-state index contributed by atoms with van der Waals surface area (Å²) >= 11 is 0. The molecule has 0 aromatic carbocycles. The van der Waals surface area contributed by atoms with Gasteiger partial charge in [0.1, 0.15) is 6.29 Å².